The molecule has 1 amide bonds. The molecule has 0 aliphatic rings. The minimum atomic E-state index is -0.531. The molecule has 6 heteroatoms. The Morgan fingerprint density at radius 3 is 2.89 bits per heavy atom. The van der Waals surface area contributed by atoms with Crippen molar-refractivity contribution in [3.8, 4) is 0 Å². The normalized spacial score (nSPS) is 10.4. The highest BCUT2D eigenvalue weighted by atomic mass is 79.9. The molecule has 1 aromatic carbocycles. The van der Waals surface area contributed by atoms with Crippen molar-refractivity contribution in [2.75, 3.05) is 25.1 Å². The van der Waals surface area contributed by atoms with Gasteiger partial charge in [0, 0.05) is 24.0 Å². The molecule has 0 saturated heterocycles. The summed E-state index contributed by atoms with van der Waals surface area (Å²) in [5, 5.41) is 3.46. The maximum atomic E-state index is 12.9. The molecular formula is C12H14BrClFNO2. The SMILES string of the molecule is O=C(NCCCOCCBr)c1ccc(F)c(Cl)c1. The van der Waals surface area contributed by atoms with E-state index in [9.17, 15) is 9.18 Å². The predicted octanol–water partition coefficient (Wildman–Crippen LogP) is 3.01. The van der Waals surface area contributed by atoms with Gasteiger partial charge in [0.05, 0.1) is 11.6 Å². The van der Waals surface area contributed by atoms with Crippen LogP contribution in [-0.2, 0) is 4.74 Å². The second-order valence-electron chi connectivity index (χ2n) is 3.54. The third-order valence-corrected chi connectivity index (χ3v) is 2.77. The summed E-state index contributed by atoms with van der Waals surface area (Å²) in [6.07, 6.45) is 0.730. The Morgan fingerprint density at radius 2 is 2.22 bits per heavy atom. The fraction of sp³-hybridized carbons (Fsp3) is 0.417. The second kappa shape index (κ2) is 8.45. The third kappa shape index (κ3) is 5.33. The Morgan fingerprint density at radius 1 is 1.44 bits per heavy atom. The Labute approximate surface area is 119 Å². The molecule has 0 aliphatic heterocycles. The van der Waals surface area contributed by atoms with Gasteiger partial charge in [-0.1, -0.05) is 27.5 Å². The summed E-state index contributed by atoms with van der Waals surface area (Å²) >= 11 is 8.84. The van der Waals surface area contributed by atoms with E-state index in [0.717, 1.165) is 11.8 Å². The van der Waals surface area contributed by atoms with Gasteiger partial charge in [0.2, 0.25) is 0 Å². The molecule has 0 fully saturated rings. The van der Waals surface area contributed by atoms with Crippen LogP contribution in [0.4, 0.5) is 4.39 Å². The van der Waals surface area contributed by atoms with E-state index in [4.69, 9.17) is 16.3 Å². The van der Waals surface area contributed by atoms with Crippen molar-refractivity contribution in [2.45, 2.75) is 6.42 Å². The molecule has 0 aromatic heterocycles. The maximum absolute atomic E-state index is 12.9. The smallest absolute Gasteiger partial charge is 0.251 e. The van der Waals surface area contributed by atoms with E-state index in [1.165, 1.54) is 18.2 Å². The van der Waals surface area contributed by atoms with Crippen LogP contribution in [0.3, 0.4) is 0 Å². The van der Waals surface area contributed by atoms with Crippen LogP contribution in [0.25, 0.3) is 0 Å². The number of benzene rings is 1. The molecule has 0 spiro atoms. The van der Waals surface area contributed by atoms with Gasteiger partial charge in [0.25, 0.3) is 5.91 Å². The van der Waals surface area contributed by atoms with Crippen molar-refractivity contribution >= 4 is 33.4 Å². The highest BCUT2D eigenvalue weighted by Crippen LogP contribution is 2.15. The molecule has 100 valence electrons. The van der Waals surface area contributed by atoms with E-state index in [2.05, 4.69) is 21.2 Å². The van der Waals surface area contributed by atoms with E-state index < -0.39 is 5.82 Å². The first-order chi connectivity index (χ1) is 8.65. The van der Waals surface area contributed by atoms with Crippen LogP contribution in [0, 0.1) is 5.82 Å². The van der Waals surface area contributed by atoms with E-state index in [0.29, 0.717) is 25.3 Å². The van der Waals surface area contributed by atoms with Crippen LogP contribution in [0.2, 0.25) is 5.02 Å². The van der Waals surface area contributed by atoms with Crippen LogP contribution in [-0.4, -0.2) is 31.0 Å². The lowest BCUT2D eigenvalue weighted by Crippen LogP contribution is -2.25. The molecule has 1 aromatic rings. The minimum absolute atomic E-state index is 0.0525. The van der Waals surface area contributed by atoms with E-state index in [-0.39, 0.29) is 10.9 Å². The highest BCUT2D eigenvalue weighted by Gasteiger charge is 2.07. The summed E-state index contributed by atoms with van der Waals surface area (Å²) in [4.78, 5) is 11.7. The van der Waals surface area contributed by atoms with Crippen molar-refractivity contribution < 1.29 is 13.9 Å². The lowest BCUT2D eigenvalue weighted by atomic mass is 10.2. The van der Waals surface area contributed by atoms with Crippen LogP contribution in [0.15, 0.2) is 18.2 Å². The summed E-state index contributed by atoms with van der Waals surface area (Å²) in [6, 6.07) is 3.89. The summed E-state index contributed by atoms with van der Waals surface area (Å²) in [6.45, 7) is 1.76. The molecule has 1 N–H and O–H groups in total. The molecular weight excluding hydrogens is 324 g/mol. The van der Waals surface area contributed by atoms with E-state index in [1.54, 1.807) is 0 Å². The van der Waals surface area contributed by atoms with Crippen molar-refractivity contribution in [3.05, 3.63) is 34.6 Å². The molecule has 0 bridgehead atoms. The second-order valence-corrected chi connectivity index (χ2v) is 4.74. The quantitative estimate of drug-likeness (QED) is 0.613. The summed E-state index contributed by atoms with van der Waals surface area (Å²) in [5.74, 6) is -0.797. The molecule has 18 heavy (non-hydrogen) atoms. The number of hydrogen-bond donors (Lipinski definition) is 1. The van der Waals surface area contributed by atoms with Gasteiger partial charge in [-0.25, -0.2) is 4.39 Å². The lowest BCUT2D eigenvalue weighted by molar-refractivity contribution is 0.0944. The number of carbonyl (C=O) groups excluding carboxylic acids is 1. The van der Waals surface area contributed by atoms with Crippen molar-refractivity contribution in [1.29, 1.82) is 0 Å². The summed E-state index contributed by atoms with van der Waals surface area (Å²) in [7, 11) is 0. The number of ether oxygens (including phenoxy) is 1. The van der Waals surface area contributed by atoms with E-state index >= 15 is 0 Å². The monoisotopic (exact) mass is 337 g/mol. The fourth-order valence-electron chi connectivity index (χ4n) is 1.27. The molecule has 3 nitrogen and oxygen atoms in total. The van der Waals surface area contributed by atoms with Gasteiger partial charge < -0.3 is 10.1 Å². The molecule has 0 unspecified atom stereocenters. The average Bonchev–Trinajstić information content (AvgIpc) is 2.36. The Kier molecular flexibility index (Phi) is 7.23. The van der Waals surface area contributed by atoms with Gasteiger partial charge in [-0.05, 0) is 24.6 Å². The number of alkyl halides is 1. The molecule has 0 radical (unpaired) electrons. The third-order valence-electron chi connectivity index (χ3n) is 2.15. The van der Waals surface area contributed by atoms with Crippen molar-refractivity contribution in [2.24, 2.45) is 0 Å². The zero-order valence-electron chi connectivity index (χ0n) is 9.72. The number of hydrogen-bond acceptors (Lipinski definition) is 2. The lowest BCUT2D eigenvalue weighted by Gasteiger charge is -2.06. The number of carbonyl (C=O) groups is 1. The topological polar surface area (TPSA) is 38.3 Å². The average molecular weight is 339 g/mol. The number of nitrogens with one attached hydrogen (secondary N) is 1. The van der Waals surface area contributed by atoms with Crippen molar-refractivity contribution in [3.63, 3.8) is 0 Å². The number of halogens is 3. The van der Waals surface area contributed by atoms with Gasteiger partial charge >= 0.3 is 0 Å². The minimum Gasteiger partial charge on any atom is -0.381 e. The maximum Gasteiger partial charge on any atom is 0.251 e. The number of rotatable bonds is 7. The van der Waals surface area contributed by atoms with Crippen molar-refractivity contribution in [1.82, 2.24) is 5.32 Å². The molecule has 0 atom stereocenters. The highest BCUT2D eigenvalue weighted by molar-refractivity contribution is 9.09. The van der Waals surface area contributed by atoms with Gasteiger partial charge in [-0.15, -0.1) is 0 Å². The molecule has 0 aliphatic carbocycles. The standard InChI is InChI=1S/C12H14BrClFNO2/c13-4-7-18-6-1-5-16-12(17)9-2-3-11(15)10(14)8-9/h2-3,8H,1,4-7H2,(H,16,17). The first-order valence-corrected chi connectivity index (χ1v) is 7.02. The van der Waals surface area contributed by atoms with Crippen LogP contribution < -0.4 is 5.32 Å². The van der Waals surface area contributed by atoms with Gasteiger partial charge in [0.15, 0.2) is 0 Å². The summed E-state index contributed by atoms with van der Waals surface area (Å²) < 4.78 is 18.1. The zero-order chi connectivity index (χ0) is 13.4. The van der Waals surface area contributed by atoms with Crippen LogP contribution >= 0.6 is 27.5 Å². The van der Waals surface area contributed by atoms with Gasteiger partial charge in [-0.2, -0.15) is 0 Å². The summed E-state index contributed by atoms with van der Waals surface area (Å²) in [5.41, 5.74) is 0.350. The van der Waals surface area contributed by atoms with Crippen LogP contribution in [0.5, 0.6) is 0 Å². The first kappa shape index (κ1) is 15.4. The Balaban J connectivity index is 2.30. The predicted molar refractivity (Wildman–Crippen MR) is 73.0 cm³/mol. The first-order valence-electron chi connectivity index (χ1n) is 5.52. The fourth-order valence-corrected chi connectivity index (χ4v) is 1.68. The Bertz CT molecular complexity index is 404. The zero-order valence-corrected chi connectivity index (χ0v) is 12.1. The molecule has 0 saturated carbocycles. The Hall–Kier alpha value is -0.650. The van der Waals surface area contributed by atoms with E-state index in [1.807, 2.05) is 0 Å². The van der Waals surface area contributed by atoms with Gasteiger partial charge in [0.1, 0.15) is 5.82 Å². The van der Waals surface area contributed by atoms with Crippen LogP contribution in [0.1, 0.15) is 16.8 Å². The molecule has 1 rings (SSSR count). The number of amides is 1. The van der Waals surface area contributed by atoms with Gasteiger partial charge in [-0.3, -0.25) is 4.79 Å². The largest absolute Gasteiger partial charge is 0.381 e. The molecule has 0 heterocycles.